The van der Waals surface area contributed by atoms with Crippen LogP contribution in [-0.4, -0.2) is 52.4 Å². The Morgan fingerprint density at radius 3 is 2.48 bits per heavy atom. The summed E-state index contributed by atoms with van der Waals surface area (Å²) in [6.45, 7) is 20.1. The van der Waals surface area contributed by atoms with E-state index in [-0.39, 0.29) is 17.4 Å². The molecule has 3 aromatic rings. The average Bonchev–Trinajstić information content (AvgIpc) is 3.32. The van der Waals surface area contributed by atoms with Crippen molar-refractivity contribution in [2.45, 2.75) is 65.8 Å². The van der Waals surface area contributed by atoms with Gasteiger partial charge in [-0.05, 0) is 68.0 Å². The molecule has 3 heterocycles. The fourth-order valence-electron chi connectivity index (χ4n) is 5.09. The van der Waals surface area contributed by atoms with Crippen LogP contribution < -0.4 is 10.6 Å². The number of anilines is 2. The van der Waals surface area contributed by atoms with Gasteiger partial charge in [0.25, 0.3) is 0 Å². The lowest BCUT2D eigenvalue weighted by atomic mass is 9.93. The highest BCUT2D eigenvalue weighted by molar-refractivity contribution is 7.13. The Morgan fingerprint density at radius 1 is 1.12 bits per heavy atom. The van der Waals surface area contributed by atoms with Crippen LogP contribution in [0.4, 0.5) is 16.2 Å². The third kappa shape index (κ3) is 5.92. The van der Waals surface area contributed by atoms with Gasteiger partial charge in [-0.1, -0.05) is 46.4 Å². The summed E-state index contributed by atoms with van der Waals surface area (Å²) in [4.78, 5) is 36.5. The first-order valence-corrected chi connectivity index (χ1v) is 14.5. The smallest absolute Gasteiger partial charge is 0.323 e. The maximum Gasteiger partial charge on any atom is 0.323 e. The Hall–Kier alpha value is -3.65. The Kier molecular flexibility index (Phi) is 8.13. The summed E-state index contributed by atoms with van der Waals surface area (Å²) in [7, 11) is 1.84. The molecule has 2 N–H and O–H groups in total. The van der Waals surface area contributed by atoms with Gasteiger partial charge in [-0.3, -0.25) is 9.78 Å². The minimum atomic E-state index is -0.698. The quantitative estimate of drug-likeness (QED) is 0.336. The Morgan fingerprint density at radius 2 is 1.85 bits per heavy atom. The van der Waals surface area contributed by atoms with Crippen LogP contribution in [0.2, 0.25) is 0 Å². The van der Waals surface area contributed by atoms with E-state index in [0.717, 1.165) is 49.9 Å². The molecule has 0 unspecified atom stereocenters. The van der Waals surface area contributed by atoms with Crippen molar-refractivity contribution in [3.8, 4) is 11.1 Å². The Labute approximate surface area is 242 Å². The molecule has 1 saturated heterocycles. The molecule has 3 amide bonds. The molecule has 2 aromatic heterocycles. The van der Waals surface area contributed by atoms with Gasteiger partial charge in [-0.25, -0.2) is 4.79 Å². The number of amides is 3. The zero-order chi connectivity index (χ0) is 29.4. The largest absolute Gasteiger partial charge is 0.355 e. The van der Waals surface area contributed by atoms with Gasteiger partial charge in [-0.2, -0.15) is 0 Å². The normalized spacial score (nSPS) is 15.2. The Bertz CT molecular complexity index is 1430. The number of nitrogens with zero attached hydrogens (tertiary/aromatic N) is 3. The van der Waals surface area contributed by atoms with E-state index in [0.29, 0.717) is 18.8 Å². The number of urea groups is 1. The van der Waals surface area contributed by atoms with Crippen molar-refractivity contribution < 1.29 is 9.59 Å². The molecule has 0 saturated carbocycles. The fraction of sp³-hybridized carbons (Fsp3) is 0.406. The molecule has 212 valence electrons. The number of hydrogen-bond acceptors (Lipinski definition) is 5. The number of aryl methyl sites for hydroxylation is 2. The van der Waals surface area contributed by atoms with E-state index in [2.05, 4.69) is 67.8 Å². The zero-order valence-electron chi connectivity index (χ0n) is 24.9. The van der Waals surface area contributed by atoms with Gasteiger partial charge in [0, 0.05) is 53.9 Å². The van der Waals surface area contributed by atoms with Crippen LogP contribution in [0, 0.1) is 6.92 Å². The van der Waals surface area contributed by atoms with E-state index in [1.807, 2.05) is 57.4 Å². The lowest BCUT2D eigenvalue weighted by molar-refractivity contribution is -0.143. The van der Waals surface area contributed by atoms with Crippen LogP contribution >= 0.6 is 11.3 Å². The number of hydrogen-bond donors (Lipinski definition) is 2. The highest BCUT2D eigenvalue weighted by Gasteiger charge is 2.41. The zero-order valence-corrected chi connectivity index (χ0v) is 25.8. The second-order valence-electron chi connectivity index (χ2n) is 12.0. The number of likely N-dealkylation sites (N-methyl/N-ethyl adjacent to an activating group) is 1. The van der Waals surface area contributed by atoms with Crippen molar-refractivity contribution in [2.24, 2.45) is 0 Å². The molecular weight excluding hydrogens is 518 g/mol. The standard InChI is InChI=1S/C32H41N5O2S/c1-10-23-14-12-22(19-33-23)25-17-24(13-11-20(25)2)34-30(39)35-26-18-27(40-28(26)31(4,5)6)21(3)37-16-15-36(9)29(38)32(37,7)8/h11-14,17-19H,3,10,15-16H2,1-2,4-9H3,(H2,34,35,39). The number of carbonyl (C=O) groups is 2. The molecule has 1 fully saturated rings. The van der Waals surface area contributed by atoms with Crippen molar-refractivity contribution in [1.29, 1.82) is 0 Å². The fourth-order valence-corrected chi connectivity index (χ4v) is 6.24. The predicted octanol–water partition coefficient (Wildman–Crippen LogP) is 7.15. The first-order valence-electron chi connectivity index (χ1n) is 13.7. The van der Waals surface area contributed by atoms with Gasteiger partial charge in [0.1, 0.15) is 5.54 Å². The molecule has 0 bridgehead atoms. The van der Waals surface area contributed by atoms with Crippen molar-refractivity contribution in [3.05, 3.63) is 70.2 Å². The molecule has 0 aliphatic carbocycles. The van der Waals surface area contributed by atoms with Crippen LogP contribution in [0.25, 0.3) is 16.8 Å². The van der Waals surface area contributed by atoms with E-state index in [1.54, 1.807) is 16.2 Å². The van der Waals surface area contributed by atoms with E-state index >= 15 is 0 Å². The molecule has 40 heavy (non-hydrogen) atoms. The summed E-state index contributed by atoms with van der Waals surface area (Å²) in [5, 5.41) is 6.09. The lowest BCUT2D eigenvalue weighted by Crippen LogP contribution is -2.60. The molecule has 0 spiro atoms. The number of carbonyl (C=O) groups excluding carboxylic acids is 2. The molecule has 7 nitrogen and oxygen atoms in total. The lowest BCUT2D eigenvalue weighted by Gasteiger charge is -2.46. The van der Waals surface area contributed by atoms with Crippen LogP contribution in [0.3, 0.4) is 0 Å². The molecular formula is C32H41N5O2S. The number of piperazine rings is 1. The predicted molar refractivity (Wildman–Crippen MR) is 167 cm³/mol. The highest BCUT2D eigenvalue weighted by atomic mass is 32.1. The number of pyridine rings is 1. The van der Waals surface area contributed by atoms with Crippen LogP contribution in [0.5, 0.6) is 0 Å². The first-order chi connectivity index (χ1) is 18.7. The third-order valence-corrected chi connectivity index (χ3v) is 9.08. The van der Waals surface area contributed by atoms with Crippen molar-refractivity contribution in [1.82, 2.24) is 14.8 Å². The monoisotopic (exact) mass is 559 g/mol. The van der Waals surface area contributed by atoms with Crippen molar-refractivity contribution in [3.63, 3.8) is 0 Å². The second kappa shape index (κ2) is 11.1. The molecule has 0 atom stereocenters. The topological polar surface area (TPSA) is 77.6 Å². The third-order valence-electron chi connectivity index (χ3n) is 7.47. The molecule has 1 aliphatic rings. The number of aromatic nitrogens is 1. The SMILES string of the molecule is C=C(c1cc(NC(=O)Nc2ccc(C)c(-c3ccc(CC)nc3)c2)c(C(C)(C)C)s1)N1CCN(C)C(=O)C1(C)C. The minimum Gasteiger partial charge on any atom is -0.355 e. The molecule has 1 aliphatic heterocycles. The van der Waals surface area contributed by atoms with E-state index in [4.69, 9.17) is 0 Å². The number of rotatable bonds is 6. The van der Waals surface area contributed by atoms with Gasteiger partial charge in [0.05, 0.1) is 10.6 Å². The average molecular weight is 560 g/mol. The number of benzene rings is 1. The maximum absolute atomic E-state index is 13.2. The van der Waals surface area contributed by atoms with E-state index < -0.39 is 5.54 Å². The summed E-state index contributed by atoms with van der Waals surface area (Å²) in [5.41, 5.74) is 5.54. The van der Waals surface area contributed by atoms with Gasteiger partial charge in [0.15, 0.2) is 0 Å². The van der Waals surface area contributed by atoms with E-state index in [1.165, 1.54) is 0 Å². The van der Waals surface area contributed by atoms with Gasteiger partial charge < -0.3 is 20.4 Å². The van der Waals surface area contributed by atoms with Crippen molar-refractivity contribution in [2.75, 3.05) is 30.8 Å². The minimum absolute atomic E-state index is 0.0692. The van der Waals surface area contributed by atoms with Crippen LogP contribution in [0.1, 0.15) is 62.6 Å². The summed E-state index contributed by atoms with van der Waals surface area (Å²) < 4.78 is 0. The molecule has 4 rings (SSSR count). The summed E-state index contributed by atoms with van der Waals surface area (Å²) in [6.07, 6.45) is 2.77. The van der Waals surface area contributed by atoms with Crippen LogP contribution in [-0.2, 0) is 16.6 Å². The molecule has 0 radical (unpaired) electrons. The second-order valence-corrected chi connectivity index (χ2v) is 13.0. The summed E-state index contributed by atoms with van der Waals surface area (Å²) in [6, 6.07) is 11.7. The summed E-state index contributed by atoms with van der Waals surface area (Å²) >= 11 is 1.61. The first kappa shape index (κ1) is 29.3. The van der Waals surface area contributed by atoms with Crippen LogP contribution in [0.15, 0.2) is 49.2 Å². The molecule has 1 aromatic carbocycles. The number of nitrogens with one attached hydrogen (secondary N) is 2. The maximum atomic E-state index is 13.2. The summed E-state index contributed by atoms with van der Waals surface area (Å²) in [5.74, 6) is 0.0692. The molecule has 8 heteroatoms. The van der Waals surface area contributed by atoms with Gasteiger partial charge in [0.2, 0.25) is 5.91 Å². The van der Waals surface area contributed by atoms with E-state index in [9.17, 15) is 9.59 Å². The van der Waals surface area contributed by atoms with Gasteiger partial charge >= 0.3 is 6.03 Å². The Balaban J connectivity index is 1.56. The number of thiophene rings is 1. The van der Waals surface area contributed by atoms with Crippen molar-refractivity contribution >= 4 is 40.3 Å². The van der Waals surface area contributed by atoms with Gasteiger partial charge in [-0.15, -0.1) is 11.3 Å². The highest BCUT2D eigenvalue weighted by Crippen LogP contribution is 2.42.